The van der Waals surface area contributed by atoms with Crippen molar-refractivity contribution in [1.29, 1.82) is 0 Å². The van der Waals surface area contributed by atoms with Crippen LogP contribution < -0.4 is 5.32 Å². The molecule has 0 spiro atoms. The SMILES string of the molecule is CCCCC(CC)CC1CCCN1. The molecule has 0 aromatic rings. The van der Waals surface area contributed by atoms with Crippen molar-refractivity contribution < 1.29 is 0 Å². The lowest BCUT2D eigenvalue weighted by Crippen LogP contribution is -2.24. The molecule has 13 heavy (non-hydrogen) atoms. The van der Waals surface area contributed by atoms with Crippen molar-refractivity contribution in [3.05, 3.63) is 0 Å². The Balaban J connectivity index is 2.13. The topological polar surface area (TPSA) is 12.0 Å². The number of hydrogen-bond donors (Lipinski definition) is 1. The van der Waals surface area contributed by atoms with Crippen LogP contribution in [0.5, 0.6) is 0 Å². The Morgan fingerprint density at radius 2 is 2.23 bits per heavy atom. The van der Waals surface area contributed by atoms with E-state index in [2.05, 4.69) is 19.2 Å². The van der Waals surface area contributed by atoms with E-state index in [0.29, 0.717) is 0 Å². The van der Waals surface area contributed by atoms with Crippen LogP contribution in [0.1, 0.15) is 58.8 Å². The van der Waals surface area contributed by atoms with Crippen molar-refractivity contribution in [3.63, 3.8) is 0 Å². The lowest BCUT2D eigenvalue weighted by atomic mass is 9.91. The molecule has 1 aliphatic rings. The predicted octanol–water partition coefficient (Wildman–Crippen LogP) is 3.34. The summed E-state index contributed by atoms with van der Waals surface area (Å²) in [5, 5.41) is 3.60. The molecule has 0 radical (unpaired) electrons. The van der Waals surface area contributed by atoms with E-state index in [1.54, 1.807) is 0 Å². The molecule has 1 rings (SSSR count). The molecule has 2 unspecified atom stereocenters. The van der Waals surface area contributed by atoms with Gasteiger partial charge in [-0.1, -0.05) is 39.5 Å². The molecule has 1 fully saturated rings. The number of nitrogens with one attached hydrogen (secondary N) is 1. The highest BCUT2D eigenvalue weighted by molar-refractivity contribution is 4.76. The van der Waals surface area contributed by atoms with E-state index in [1.807, 2.05) is 0 Å². The summed E-state index contributed by atoms with van der Waals surface area (Å²) < 4.78 is 0. The highest BCUT2D eigenvalue weighted by Gasteiger charge is 2.17. The molecule has 1 saturated heterocycles. The van der Waals surface area contributed by atoms with Gasteiger partial charge in [0.1, 0.15) is 0 Å². The molecule has 0 aromatic heterocycles. The largest absolute Gasteiger partial charge is 0.314 e. The van der Waals surface area contributed by atoms with Crippen molar-refractivity contribution in [2.24, 2.45) is 5.92 Å². The normalized spacial score (nSPS) is 24.9. The number of unbranched alkanes of at least 4 members (excludes halogenated alkanes) is 1. The van der Waals surface area contributed by atoms with Crippen LogP contribution in [0.2, 0.25) is 0 Å². The smallest absolute Gasteiger partial charge is 0.00701 e. The minimum atomic E-state index is 0.849. The van der Waals surface area contributed by atoms with Crippen molar-refractivity contribution in [1.82, 2.24) is 5.32 Å². The summed E-state index contributed by atoms with van der Waals surface area (Å²) in [7, 11) is 0. The zero-order valence-corrected chi connectivity index (χ0v) is 9.31. The van der Waals surface area contributed by atoms with Gasteiger partial charge in [-0.25, -0.2) is 0 Å². The Kier molecular flexibility index (Phi) is 5.45. The van der Waals surface area contributed by atoms with Gasteiger partial charge in [0.2, 0.25) is 0 Å². The summed E-state index contributed by atoms with van der Waals surface area (Å²) in [4.78, 5) is 0. The fourth-order valence-corrected chi connectivity index (χ4v) is 2.34. The molecule has 1 nitrogen and oxygen atoms in total. The molecule has 0 amide bonds. The van der Waals surface area contributed by atoms with Crippen LogP contribution in [-0.4, -0.2) is 12.6 Å². The Morgan fingerprint density at radius 1 is 1.38 bits per heavy atom. The van der Waals surface area contributed by atoms with E-state index in [4.69, 9.17) is 0 Å². The second kappa shape index (κ2) is 6.42. The summed E-state index contributed by atoms with van der Waals surface area (Å²) >= 11 is 0. The quantitative estimate of drug-likeness (QED) is 0.666. The summed E-state index contributed by atoms with van der Waals surface area (Å²) in [6.45, 7) is 5.89. The van der Waals surface area contributed by atoms with Crippen LogP contribution in [0.3, 0.4) is 0 Å². The predicted molar refractivity (Wildman–Crippen MR) is 58.9 cm³/mol. The van der Waals surface area contributed by atoms with Crippen LogP contribution in [0.15, 0.2) is 0 Å². The van der Waals surface area contributed by atoms with Crippen LogP contribution in [0.25, 0.3) is 0 Å². The van der Waals surface area contributed by atoms with Crippen LogP contribution in [0, 0.1) is 5.92 Å². The third-order valence-corrected chi connectivity index (χ3v) is 3.32. The zero-order chi connectivity index (χ0) is 9.52. The first kappa shape index (κ1) is 11.0. The maximum Gasteiger partial charge on any atom is 0.00701 e. The number of hydrogen-bond acceptors (Lipinski definition) is 1. The molecule has 78 valence electrons. The van der Waals surface area contributed by atoms with Crippen LogP contribution in [-0.2, 0) is 0 Å². The molecular formula is C12H25N. The molecule has 0 bridgehead atoms. The summed E-state index contributed by atoms with van der Waals surface area (Å²) in [6, 6.07) is 0.849. The highest BCUT2D eigenvalue weighted by Crippen LogP contribution is 2.22. The highest BCUT2D eigenvalue weighted by atomic mass is 14.9. The first-order valence-corrected chi connectivity index (χ1v) is 6.10. The fourth-order valence-electron chi connectivity index (χ4n) is 2.34. The summed E-state index contributed by atoms with van der Waals surface area (Å²) in [5.41, 5.74) is 0. The first-order valence-electron chi connectivity index (χ1n) is 6.10. The van der Waals surface area contributed by atoms with E-state index in [-0.39, 0.29) is 0 Å². The van der Waals surface area contributed by atoms with Gasteiger partial charge in [0.05, 0.1) is 0 Å². The van der Waals surface area contributed by atoms with E-state index in [9.17, 15) is 0 Å². The Bertz CT molecular complexity index is 116. The van der Waals surface area contributed by atoms with Gasteiger partial charge >= 0.3 is 0 Å². The lowest BCUT2D eigenvalue weighted by Gasteiger charge is -2.18. The molecular weight excluding hydrogens is 158 g/mol. The van der Waals surface area contributed by atoms with Crippen molar-refractivity contribution in [2.45, 2.75) is 64.8 Å². The number of rotatable bonds is 6. The molecule has 2 atom stereocenters. The second-order valence-electron chi connectivity index (χ2n) is 4.45. The summed E-state index contributed by atoms with van der Waals surface area (Å²) in [5.74, 6) is 0.982. The van der Waals surface area contributed by atoms with Gasteiger partial charge < -0.3 is 5.32 Å². The molecule has 0 aliphatic carbocycles. The third-order valence-electron chi connectivity index (χ3n) is 3.32. The van der Waals surface area contributed by atoms with Crippen LogP contribution >= 0.6 is 0 Å². The maximum absolute atomic E-state index is 3.60. The molecule has 1 N–H and O–H groups in total. The van der Waals surface area contributed by atoms with Crippen molar-refractivity contribution in [2.75, 3.05) is 6.54 Å². The minimum Gasteiger partial charge on any atom is -0.314 e. The fraction of sp³-hybridized carbons (Fsp3) is 1.00. The first-order chi connectivity index (χ1) is 6.36. The standard InChI is InChI=1S/C12H25N/c1-3-5-7-11(4-2)10-12-8-6-9-13-12/h11-13H,3-10H2,1-2H3. The van der Waals surface area contributed by atoms with Gasteiger partial charge in [-0.2, -0.15) is 0 Å². The van der Waals surface area contributed by atoms with E-state index in [1.165, 1.54) is 51.5 Å². The van der Waals surface area contributed by atoms with Gasteiger partial charge in [0.25, 0.3) is 0 Å². The second-order valence-corrected chi connectivity index (χ2v) is 4.45. The van der Waals surface area contributed by atoms with Gasteiger partial charge in [0, 0.05) is 6.04 Å². The van der Waals surface area contributed by atoms with Crippen molar-refractivity contribution in [3.8, 4) is 0 Å². The third kappa shape index (κ3) is 4.12. The van der Waals surface area contributed by atoms with Gasteiger partial charge in [-0.05, 0) is 31.7 Å². The zero-order valence-electron chi connectivity index (χ0n) is 9.31. The molecule has 0 aromatic carbocycles. The lowest BCUT2D eigenvalue weighted by molar-refractivity contribution is 0.369. The Labute approximate surface area is 83.3 Å². The summed E-state index contributed by atoms with van der Waals surface area (Å²) in [6.07, 6.45) is 9.84. The maximum atomic E-state index is 3.60. The molecule has 0 saturated carbocycles. The average molecular weight is 183 g/mol. The minimum absolute atomic E-state index is 0.849. The molecule has 1 heterocycles. The van der Waals surface area contributed by atoms with E-state index >= 15 is 0 Å². The molecule has 1 aliphatic heterocycles. The van der Waals surface area contributed by atoms with E-state index < -0.39 is 0 Å². The monoisotopic (exact) mass is 183 g/mol. The Morgan fingerprint density at radius 3 is 2.77 bits per heavy atom. The van der Waals surface area contributed by atoms with E-state index in [0.717, 1.165) is 12.0 Å². The average Bonchev–Trinajstić information content (AvgIpc) is 2.64. The van der Waals surface area contributed by atoms with Crippen LogP contribution in [0.4, 0.5) is 0 Å². The van der Waals surface area contributed by atoms with Gasteiger partial charge in [0.15, 0.2) is 0 Å². The van der Waals surface area contributed by atoms with Crippen molar-refractivity contribution >= 4 is 0 Å². The Hall–Kier alpha value is -0.0400. The molecule has 1 heteroatoms. The van der Waals surface area contributed by atoms with Gasteiger partial charge in [-0.3, -0.25) is 0 Å². The van der Waals surface area contributed by atoms with Gasteiger partial charge in [-0.15, -0.1) is 0 Å².